The first-order valence-electron chi connectivity index (χ1n) is 3.11. The SMILES string of the molecule is NPCc1cc(F)cc(F)c1. The number of halogens is 2. The Morgan fingerprint density at radius 3 is 2.18 bits per heavy atom. The second kappa shape index (κ2) is 3.74. The standard InChI is InChI=1S/C7H8F2NP/c8-6-1-5(4-11-10)2-7(9)3-6/h1-3,11H,4,10H2. The molecule has 1 rings (SSSR count). The van der Waals surface area contributed by atoms with Gasteiger partial charge >= 0.3 is 0 Å². The molecule has 0 radical (unpaired) electrons. The smallest absolute Gasteiger partial charge is 0.126 e. The zero-order valence-electron chi connectivity index (χ0n) is 5.77. The lowest BCUT2D eigenvalue weighted by Crippen LogP contribution is -1.87. The van der Waals surface area contributed by atoms with Crippen molar-refractivity contribution in [3.63, 3.8) is 0 Å². The Hall–Kier alpha value is -0.530. The molecule has 0 aliphatic carbocycles. The maximum absolute atomic E-state index is 12.5. The van der Waals surface area contributed by atoms with E-state index in [0.717, 1.165) is 6.07 Å². The summed E-state index contributed by atoms with van der Waals surface area (Å²) in [5.41, 5.74) is 5.86. The second-order valence-electron chi connectivity index (χ2n) is 2.16. The highest BCUT2D eigenvalue weighted by atomic mass is 31.1. The molecule has 60 valence electrons. The molecule has 0 spiro atoms. The van der Waals surface area contributed by atoms with E-state index in [4.69, 9.17) is 5.50 Å². The monoisotopic (exact) mass is 175 g/mol. The van der Waals surface area contributed by atoms with Crippen molar-refractivity contribution in [2.24, 2.45) is 5.50 Å². The van der Waals surface area contributed by atoms with E-state index >= 15 is 0 Å². The summed E-state index contributed by atoms with van der Waals surface area (Å²) in [5, 5.41) is 0. The summed E-state index contributed by atoms with van der Waals surface area (Å²) >= 11 is 0. The van der Waals surface area contributed by atoms with Gasteiger partial charge in [0.05, 0.1) is 0 Å². The molecule has 0 fully saturated rings. The number of nitrogens with two attached hydrogens (primary N) is 1. The maximum atomic E-state index is 12.5. The predicted molar refractivity (Wildman–Crippen MR) is 42.6 cm³/mol. The van der Waals surface area contributed by atoms with Gasteiger partial charge in [0.1, 0.15) is 11.6 Å². The normalized spacial score (nSPS) is 11.2. The summed E-state index contributed by atoms with van der Waals surface area (Å²) in [5.74, 6) is -1.09. The van der Waals surface area contributed by atoms with Gasteiger partial charge in [-0.15, -0.1) is 0 Å². The highest BCUT2D eigenvalue weighted by Gasteiger charge is 1.98. The average molecular weight is 175 g/mol. The van der Waals surface area contributed by atoms with Crippen molar-refractivity contribution >= 4 is 8.73 Å². The summed E-state index contributed by atoms with van der Waals surface area (Å²) in [6.45, 7) is 0. The van der Waals surface area contributed by atoms with Crippen molar-refractivity contribution in [1.29, 1.82) is 0 Å². The first-order chi connectivity index (χ1) is 5.22. The summed E-state index contributed by atoms with van der Waals surface area (Å²) < 4.78 is 24.9. The lowest BCUT2D eigenvalue weighted by atomic mass is 10.2. The minimum atomic E-state index is -0.543. The zero-order chi connectivity index (χ0) is 8.27. The van der Waals surface area contributed by atoms with Crippen LogP contribution in [0, 0.1) is 11.6 Å². The lowest BCUT2D eigenvalue weighted by molar-refractivity contribution is 0.581. The van der Waals surface area contributed by atoms with Crippen LogP contribution in [0.3, 0.4) is 0 Å². The molecular formula is C7H8F2NP. The van der Waals surface area contributed by atoms with Gasteiger partial charge in [0.2, 0.25) is 0 Å². The minimum absolute atomic E-state index is 0.195. The predicted octanol–water partition coefficient (Wildman–Crippen LogP) is 2.02. The van der Waals surface area contributed by atoms with Crippen LogP contribution in [-0.2, 0) is 6.16 Å². The van der Waals surface area contributed by atoms with Crippen molar-refractivity contribution < 1.29 is 8.78 Å². The molecule has 0 aliphatic heterocycles. The van der Waals surface area contributed by atoms with Crippen LogP contribution in [0.1, 0.15) is 5.56 Å². The van der Waals surface area contributed by atoms with E-state index in [1.54, 1.807) is 0 Å². The molecule has 1 atom stereocenters. The molecule has 4 heteroatoms. The summed E-state index contributed by atoms with van der Waals surface area (Å²) in [4.78, 5) is 0. The highest BCUT2D eigenvalue weighted by Crippen LogP contribution is 2.14. The molecule has 0 aliphatic rings. The van der Waals surface area contributed by atoms with Crippen LogP contribution in [0.15, 0.2) is 18.2 Å². The largest absolute Gasteiger partial charge is 0.312 e. The third-order valence-electron chi connectivity index (χ3n) is 1.23. The van der Waals surface area contributed by atoms with Crippen LogP contribution >= 0.6 is 8.73 Å². The Labute approximate surface area is 65.4 Å². The molecule has 2 N–H and O–H groups in total. The van der Waals surface area contributed by atoms with Crippen LogP contribution in [0.2, 0.25) is 0 Å². The second-order valence-corrected chi connectivity index (χ2v) is 2.92. The van der Waals surface area contributed by atoms with Gasteiger partial charge < -0.3 is 5.50 Å². The topological polar surface area (TPSA) is 26.0 Å². The van der Waals surface area contributed by atoms with Crippen LogP contribution in [0.25, 0.3) is 0 Å². The Kier molecular flexibility index (Phi) is 2.92. The Balaban J connectivity index is 2.89. The fourth-order valence-corrected chi connectivity index (χ4v) is 1.27. The molecule has 0 bridgehead atoms. The van der Waals surface area contributed by atoms with Crippen molar-refractivity contribution in [3.8, 4) is 0 Å². The van der Waals surface area contributed by atoms with Crippen LogP contribution in [0.4, 0.5) is 8.78 Å². The molecule has 11 heavy (non-hydrogen) atoms. The molecule has 1 unspecified atom stereocenters. The number of benzene rings is 1. The Bertz CT molecular complexity index is 232. The number of hydrogen-bond donors (Lipinski definition) is 1. The van der Waals surface area contributed by atoms with Crippen LogP contribution < -0.4 is 5.50 Å². The van der Waals surface area contributed by atoms with E-state index < -0.39 is 11.6 Å². The Morgan fingerprint density at radius 1 is 1.18 bits per heavy atom. The van der Waals surface area contributed by atoms with Crippen molar-refractivity contribution in [1.82, 2.24) is 0 Å². The fraction of sp³-hybridized carbons (Fsp3) is 0.143. The lowest BCUT2D eigenvalue weighted by Gasteiger charge is -1.98. The number of hydrogen-bond acceptors (Lipinski definition) is 1. The quantitative estimate of drug-likeness (QED) is 0.683. The summed E-state index contributed by atoms with van der Waals surface area (Å²) in [7, 11) is 0.195. The molecular weight excluding hydrogens is 167 g/mol. The van der Waals surface area contributed by atoms with Crippen molar-refractivity contribution in [2.75, 3.05) is 0 Å². The molecule has 1 nitrogen and oxygen atoms in total. The van der Waals surface area contributed by atoms with Crippen molar-refractivity contribution in [3.05, 3.63) is 35.4 Å². The Morgan fingerprint density at radius 2 is 1.73 bits per heavy atom. The van der Waals surface area contributed by atoms with Gasteiger partial charge in [-0.2, -0.15) is 0 Å². The first kappa shape index (κ1) is 8.57. The van der Waals surface area contributed by atoms with E-state index in [2.05, 4.69) is 0 Å². The van der Waals surface area contributed by atoms with Gasteiger partial charge in [-0.3, -0.25) is 0 Å². The van der Waals surface area contributed by atoms with E-state index in [1.807, 2.05) is 0 Å². The van der Waals surface area contributed by atoms with Crippen molar-refractivity contribution in [2.45, 2.75) is 6.16 Å². The van der Waals surface area contributed by atoms with Gasteiger partial charge in [0, 0.05) is 12.2 Å². The van der Waals surface area contributed by atoms with E-state index in [0.29, 0.717) is 11.7 Å². The zero-order valence-corrected chi connectivity index (χ0v) is 6.77. The first-order valence-corrected chi connectivity index (χ1v) is 4.39. The van der Waals surface area contributed by atoms with Gasteiger partial charge in [-0.05, 0) is 17.7 Å². The fourth-order valence-electron chi connectivity index (χ4n) is 0.831. The van der Waals surface area contributed by atoms with E-state index in [1.165, 1.54) is 12.1 Å². The van der Waals surface area contributed by atoms with Gasteiger partial charge in [-0.25, -0.2) is 8.78 Å². The molecule has 0 saturated heterocycles. The molecule has 1 aromatic rings. The van der Waals surface area contributed by atoms with Crippen LogP contribution in [0.5, 0.6) is 0 Å². The average Bonchev–Trinajstić information content (AvgIpc) is 1.85. The van der Waals surface area contributed by atoms with E-state index in [9.17, 15) is 8.78 Å². The third-order valence-corrected chi connectivity index (χ3v) is 1.84. The third kappa shape index (κ3) is 2.52. The number of rotatable bonds is 2. The minimum Gasteiger partial charge on any atom is -0.312 e. The van der Waals surface area contributed by atoms with Crippen LogP contribution in [-0.4, -0.2) is 0 Å². The molecule has 0 saturated carbocycles. The van der Waals surface area contributed by atoms with E-state index in [-0.39, 0.29) is 8.73 Å². The van der Waals surface area contributed by atoms with Gasteiger partial charge in [0.25, 0.3) is 0 Å². The molecule has 0 heterocycles. The maximum Gasteiger partial charge on any atom is 0.126 e. The highest BCUT2D eigenvalue weighted by molar-refractivity contribution is 7.34. The molecule has 1 aromatic carbocycles. The van der Waals surface area contributed by atoms with Gasteiger partial charge in [-0.1, -0.05) is 8.73 Å². The summed E-state index contributed by atoms with van der Waals surface area (Å²) in [6, 6.07) is 3.44. The molecule has 0 amide bonds. The summed E-state index contributed by atoms with van der Waals surface area (Å²) in [6.07, 6.45) is 0.536. The molecule has 0 aromatic heterocycles. The van der Waals surface area contributed by atoms with Gasteiger partial charge in [0.15, 0.2) is 0 Å².